The third kappa shape index (κ3) is 6.42. The zero-order chi connectivity index (χ0) is 28.2. The maximum Gasteiger partial charge on any atom is 0.251 e. The summed E-state index contributed by atoms with van der Waals surface area (Å²) in [5.41, 5.74) is 2.30. The minimum absolute atomic E-state index is 0.114. The van der Waals surface area contributed by atoms with E-state index in [1.54, 1.807) is 48.8 Å². The molecule has 2 aliphatic heterocycles. The third-order valence-electron chi connectivity index (χ3n) is 8.32. The van der Waals surface area contributed by atoms with Crippen LogP contribution >= 0.6 is 0 Å². The van der Waals surface area contributed by atoms with Crippen LogP contribution in [-0.4, -0.2) is 67.5 Å². The Morgan fingerprint density at radius 1 is 0.950 bits per heavy atom. The van der Waals surface area contributed by atoms with Crippen molar-refractivity contribution in [3.8, 4) is 0 Å². The second-order valence-corrected chi connectivity index (χ2v) is 13.0. The molecule has 2 fully saturated rings. The highest BCUT2D eigenvalue weighted by Crippen LogP contribution is 2.42. The Morgan fingerprint density at radius 2 is 1.60 bits per heavy atom. The van der Waals surface area contributed by atoms with Crippen LogP contribution in [0.5, 0.6) is 0 Å². The summed E-state index contributed by atoms with van der Waals surface area (Å²) in [6, 6.07) is 20.2. The third-order valence-corrected chi connectivity index (χ3v) is 9.45. The highest BCUT2D eigenvalue weighted by molar-refractivity contribution is 7.90. The number of hydrogen-bond donors (Lipinski definition) is 1. The van der Waals surface area contributed by atoms with E-state index in [2.05, 4.69) is 15.2 Å². The van der Waals surface area contributed by atoms with Gasteiger partial charge in [-0.05, 0) is 74.2 Å². The number of carbonyl (C=O) groups excluding carboxylic acids is 2. The van der Waals surface area contributed by atoms with Gasteiger partial charge < -0.3 is 15.1 Å². The van der Waals surface area contributed by atoms with E-state index >= 15 is 0 Å². The number of nitrogens with one attached hydrogen (secondary N) is 1. The summed E-state index contributed by atoms with van der Waals surface area (Å²) in [6.07, 6.45) is 7.73. The van der Waals surface area contributed by atoms with Crippen LogP contribution in [0.2, 0.25) is 0 Å². The van der Waals surface area contributed by atoms with E-state index in [4.69, 9.17) is 0 Å². The van der Waals surface area contributed by atoms with Crippen molar-refractivity contribution in [3.05, 3.63) is 95.8 Å². The van der Waals surface area contributed by atoms with E-state index in [0.29, 0.717) is 17.0 Å². The molecule has 0 aliphatic carbocycles. The number of carbonyl (C=O) groups is 2. The van der Waals surface area contributed by atoms with Crippen LogP contribution in [0, 0.1) is 5.41 Å². The predicted molar refractivity (Wildman–Crippen MR) is 153 cm³/mol. The lowest BCUT2D eigenvalue weighted by molar-refractivity contribution is -0.138. The van der Waals surface area contributed by atoms with Gasteiger partial charge in [-0.15, -0.1) is 0 Å². The topological polar surface area (TPSA) is 99.7 Å². The monoisotopic (exact) mass is 560 g/mol. The maximum atomic E-state index is 13.5. The first-order valence-corrected chi connectivity index (χ1v) is 15.7. The molecule has 9 heteroatoms. The van der Waals surface area contributed by atoms with Crippen molar-refractivity contribution in [1.29, 1.82) is 0 Å². The highest BCUT2D eigenvalue weighted by Gasteiger charge is 2.47. The SMILES string of the molecule is CS(=O)(=O)c1ccc(CN2CCC3(CCN(CCC(NC(=O)c4ccncc4)c4ccccc4)CC3)C2=O)cc1. The molecule has 1 unspecified atom stereocenters. The fourth-order valence-electron chi connectivity index (χ4n) is 5.84. The van der Waals surface area contributed by atoms with Gasteiger partial charge in [0.05, 0.1) is 16.4 Å². The highest BCUT2D eigenvalue weighted by atomic mass is 32.2. The summed E-state index contributed by atoms with van der Waals surface area (Å²) in [4.78, 5) is 35.0. The molecular formula is C31H36N4O4S. The van der Waals surface area contributed by atoms with Gasteiger partial charge >= 0.3 is 0 Å². The lowest BCUT2D eigenvalue weighted by Gasteiger charge is -2.38. The molecule has 5 rings (SSSR count). The van der Waals surface area contributed by atoms with Crippen molar-refractivity contribution in [2.45, 2.75) is 43.2 Å². The summed E-state index contributed by atoms with van der Waals surface area (Å²) in [5, 5.41) is 3.20. The van der Waals surface area contributed by atoms with Crippen molar-refractivity contribution >= 4 is 21.7 Å². The van der Waals surface area contributed by atoms with E-state index in [0.717, 1.165) is 63.0 Å². The minimum atomic E-state index is -3.24. The van der Waals surface area contributed by atoms with Crippen LogP contribution in [-0.2, 0) is 21.2 Å². The van der Waals surface area contributed by atoms with Crippen LogP contribution in [0.15, 0.2) is 84.0 Å². The van der Waals surface area contributed by atoms with Crippen molar-refractivity contribution in [2.24, 2.45) is 5.41 Å². The number of benzene rings is 2. The zero-order valence-corrected chi connectivity index (χ0v) is 23.6. The zero-order valence-electron chi connectivity index (χ0n) is 22.8. The number of pyridine rings is 1. The molecule has 1 atom stereocenters. The van der Waals surface area contributed by atoms with E-state index in [-0.39, 0.29) is 23.3 Å². The van der Waals surface area contributed by atoms with E-state index < -0.39 is 9.84 Å². The largest absolute Gasteiger partial charge is 0.345 e. The van der Waals surface area contributed by atoms with Crippen molar-refractivity contribution in [2.75, 3.05) is 32.4 Å². The van der Waals surface area contributed by atoms with Gasteiger partial charge in [-0.3, -0.25) is 14.6 Å². The van der Waals surface area contributed by atoms with Gasteiger partial charge in [0.15, 0.2) is 9.84 Å². The van der Waals surface area contributed by atoms with Gasteiger partial charge in [0.1, 0.15) is 0 Å². The van der Waals surface area contributed by atoms with E-state index in [1.807, 2.05) is 35.2 Å². The molecule has 1 spiro atoms. The molecular weight excluding hydrogens is 524 g/mol. The summed E-state index contributed by atoms with van der Waals surface area (Å²) >= 11 is 0. The number of aromatic nitrogens is 1. The Morgan fingerprint density at radius 3 is 2.25 bits per heavy atom. The van der Waals surface area contributed by atoms with Crippen LogP contribution < -0.4 is 5.32 Å². The van der Waals surface area contributed by atoms with E-state index in [9.17, 15) is 18.0 Å². The predicted octanol–water partition coefficient (Wildman–Crippen LogP) is 3.86. The standard InChI is InChI=1S/C31H36N4O4S/c1-40(38,39)27-9-7-24(8-10-27)23-35-22-16-31(30(35)37)14-20-34(21-15-31)19-13-28(25-5-3-2-4-6-25)33-29(36)26-11-17-32-18-12-26/h2-12,17-18,28H,13-16,19-23H2,1H3,(H,33,36). The van der Waals surface area contributed by atoms with Crippen LogP contribution in [0.3, 0.4) is 0 Å². The Kier molecular flexibility index (Phi) is 8.32. The molecule has 2 aromatic carbocycles. The van der Waals surface area contributed by atoms with Crippen molar-refractivity contribution in [3.63, 3.8) is 0 Å². The first-order valence-electron chi connectivity index (χ1n) is 13.8. The molecule has 2 aliphatic rings. The Hall–Kier alpha value is -3.56. The lowest BCUT2D eigenvalue weighted by Crippen LogP contribution is -2.45. The molecule has 0 bridgehead atoms. The van der Waals surface area contributed by atoms with Crippen molar-refractivity contribution < 1.29 is 18.0 Å². The molecule has 0 radical (unpaired) electrons. The van der Waals surface area contributed by atoms with Gasteiger partial charge in [-0.25, -0.2) is 8.42 Å². The normalized spacial score (nSPS) is 18.1. The number of likely N-dealkylation sites (tertiary alicyclic amines) is 2. The fourth-order valence-corrected chi connectivity index (χ4v) is 6.47. The first-order chi connectivity index (χ1) is 19.2. The summed E-state index contributed by atoms with van der Waals surface area (Å²) in [6.45, 7) is 3.76. The Labute approximate surface area is 236 Å². The lowest BCUT2D eigenvalue weighted by atomic mass is 9.77. The Bertz CT molecular complexity index is 1420. The molecule has 40 heavy (non-hydrogen) atoms. The van der Waals surface area contributed by atoms with Gasteiger partial charge in [-0.1, -0.05) is 42.5 Å². The maximum absolute atomic E-state index is 13.5. The van der Waals surface area contributed by atoms with Crippen molar-refractivity contribution in [1.82, 2.24) is 20.1 Å². The number of nitrogens with zero attached hydrogens (tertiary/aromatic N) is 3. The molecule has 1 aromatic heterocycles. The fraction of sp³-hybridized carbons (Fsp3) is 0.387. The van der Waals surface area contributed by atoms with Crippen LogP contribution in [0.25, 0.3) is 0 Å². The molecule has 3 heterocycles. The minimum Gasteiger partial charge on any atom is -0.345 e. The molecule has 2 amide bonds. The van der Waals surface area contributed by atoms with Gasteiger partial charge in [0.25, 0.3) is 5.91 Å². The summed E-state index contributed by atoms with van der Waals surface area (Å²) < 4.78 is 23.5. The van der Waals surface area contributed by atoms with Gasteiger partial charge in [0.2, 0.25) is 5.91 Å². The molecule has 3 aromatic rings. The molecule has 210 valence electrons. The number of hydrogen-bond acceptors (Lipinski definition) is 6. The first kappa shape index (κ1) is 28.0. The average Bonchev–Trinajstić information content (AvgIpc) is 3.26. The smallest absolute Gasteiger partial charge is 0.251 e. The number of amides is 2. The van der Waals surface area contributed by atoms with Crippen LogP contribution in [0.4, 0.5) is 0 Å². The molecule has 1 N–H and O–H groups in total. The quantitative estimate of drug-likeness (QED) is 0.427. The second-order valence-electron chi connectivity index (χ2n) is 11.0. The average molecular weight is 561 g/mol. The number of rotatable bonds is 9. The Balaban J connectivity index is 1.16. The molecule has 8 nitrogen and oxygen atoms in total. The summed E-state index contributed by atoms with van der Waals surface area (Å²) in [7, 11) is -3.24. The van der Waals surface area contributed by atoms with Gasteiger partial charge in [-0.2, -0.15) is 0 Å². The van der Waals surface area contributed by atoms with Crippen LogP contribution in [0.1, 0.15) is 53.2 Å². The molecule has 0 saturated carbocycles. The van der Waals surface area contributed by atoms with Gasteiger partial charge in [0, 0.05) is 43.8 Å². The second kappa shape index (κ2) is 11.9. The number of piperidine rings is 1. The van der Waals surface area contributed by atoms with E-state index in [1.165, 1.54) is 6.26 Å². The summed E-state index contributed by atoms with van der Waals surface area (Å²) in [5.74, 6) is 0.0996. The number of sulfone groups is 1. The molecule has 2 saturated heterocycles.